The van der Waals surface area contributed by atoms with Crippen LogP contribution < -0.4 is 10.1 Å². The standard InChI is InChI=1S/C11H17NOS/c1-12-11(8-14-3)9-4-6-10(13-2)7-5-9/h4-7,11-12H,8H2,1-3H3. The summed E-state index contributed by atoms with van der Waals surface area (Å²) in [7, 11) is 3.68. The van der Waals surface area contributed by atoms with Gasteiger partial charge in [0.1, 0.15) is 5.75 Å². The Morgan fingerprint density at radius 2 is 2.00 bits per heavy atom. The largest absolute Gasteiger partial charge is 0.497 e. The maximum absolute atomic E-state index is 5.12. The number of ether oxygens (including phenoxy) is 1. The third-order valence-electron chi connectivity index (χ3n) is 2.20. The maximum atomic E-state index is 5.12. The van der Waals surface area contributed by atoms with E-state index in [4.69, 9.17) is 4.74 Å². The van der Waals surface area contributed by atoms with Gasteiger partial charge >= 0.3 is 0 Å². The molecule has 1 aromatic rings. The highest BCUT2D eigenvalue weighted by molar-refractivity contribution is 7.98. The topological polar surface area (TPSA) is 21.3 Å². The Morgan fingerprint density at radius 3 is 2.43 bits per heavy atom. The Balaban J connectivity index is 2.73. The molecular formula is C11H17NOS. The number of benzene rings is 1. The van der Waals surface area contributed by atoms with Crippen molar-refractivity contribution < 1.29 is 4.74 Å². The normalized spacial score (nSPS) is 12.5. The monoisotopic (exact) mass is 211 g/mol. The van der Waals surface area contributed by atoms with E-state index in [1.165, 1.54) is 5.56 Å². The molecule has 0 aliphatic heterocycles. The molecule has 0 spiro atoms. The van der Waals surface area contributed by atoms with Crippen molar-refractivity contribution in [3.05, 3.63) is 29.8 Å². The fourth-order valence-electron chi connectivity index (χ4n) is 1.35. The molecule has 0 amide bonds. The van der Waals surface area contributed by atoms with Crippen LogP contribution in [-0.4, -0.2) is 26.2 Å². The van der Waals surface area contributed by atoms with Crippen molar-refractivity contribution in [2.75, 3.05) is 26.2 Å². The SMILES string of the molecule is CNC(CSC)c1ccc(OC)cc1. The van der Waals surface area contributed by atoms with Crippen LogP contribution >= 0.6 is 11.8 Å². The van der Waals surface area contributed by atoms with Gasteiger partial charge in [0, 0.05) is 11.8 Å². The molecule has 78 valence electrons. The minimum Gasteiger partial charge on any atom is -0.497 e. The molecule has 1 atom stereocenters. The van der Waals surface area contributed by atoms with E-state index < -0.39 is 0 Å². The van der Waals surface area contributed by atoms with Crippen LogP contribution in [0.2, 0.25) is 0 Å². The second-order valence-corrected chi connectivity index (χ2v) is 3.98. The lowest BCUT2D eigenvalue weighted by atomic mass is 10.1. The molecule has 0 radical (unpaired) electrons. The van der Waals surface area contributed by atoms with Crippen LogP contribution in [0.25, 0.3) is 0 Å². The van der Waals surface area contributed by atoms with Gasteiger partial charge in [-0.2, -0.15) is 11.8 Å². The van der Waals surface area contributed by atoms with E-state index in [1.54, 1.807) is 7.11 Å². The number of hydrogen-bond donors (Lipinski definition) is 1. The van der Waals surface area contributed by atoms with Crippen molar-refractivity contribution in [1.29, 1.82) is 0 Å². The minimum absolute atomic E-state index is 0.427. The lowest BCUT2D eigenvalue weighted by molar-refractivity contribution is 0.414. The zero-order chi connectivity index (χ0) is 10.4. The van der Waals surface area contributed by atoms with Gasteiger partial charge in [-0.05, 0) is 31.0 Å². The zero-order valence-electron chi connectivity index (χ0n) is 8.91. The van der Waals surface area contributed by atoms with E-state index in [-0.39, 0.29) is 0 Å². The van der Waals surface area contributed by atoms with Crippen LogP contribution in [0.5, 0.6) is 5.75 Å². The highest BCUT2D eigenvalue weighted by Crippen LogP contribution is 2.19. The van der Waals surface area contributed by atoms with Gasteiger partial charge in [0.25, 0.3) is 0 Å². The smallest absolute Gasteiger partial charge is 0.118 e. The fourth-order valence-corrected chi connectivity index (χ4v) is 2.04. The first kappa shape index (κ1) is 11.4. The van der Waals surface area contributed by atoms with E-state index in [0.29, 0.717) is 6.04 Å². The molecular weight excluding hydrogens is 194 g/mol. The van der Waals surface area contributed by atoms with Crippen molar-refractivity contribution in [1.82, 2.24) is 5.32 Å². The van der Waals surface area contributed by atoms with Crippen LogP contribution in [0.15, 0.2) is 24.3 Å². The molecule has 14 heavy (non-hydrogen) atoms. The number of rotatable bonds is 5. The Hall–Kier alpha value is -0.670. The molecule has 1 unspecified atom stereocenters. The Morgan fingerprint density at radius 1 is 1.36 bits per heavy atom. The first-order valence-corrected chi connectivity index (χ1v) is 6.01. The average Bonchev–Trinajstić information content (AvgIpc) is 2.26. The predicted molar refractivity (Wildman–Crippen MR) is 63.2 cm³/mol. The molecule has 2 nitrogen and oxygen atoms in total. The number of nitrogens with one attached hydrogen (secondary N) is 1. The van der Waals surface area contributed by atoms with Gasteiger partial charge in [-0.1, -0.05) is 12.1 Å². The molecule has 0 bridgehead atoms. The Labute approximate surface area is 90.0 Å². The summed E-state index contributed by atoms with van der Waals surface area (Å²) < 4.78 is 5.12. The van der Waals surface area contributed by atoms with Crippen LogP contribution in [-0.2, 0) is 0 Å². The van der Waals surface area contributed by atoms with Crippen molar-refractivity contribution in [2.45, 2.75) is 6.04 Å². The van der Waals surface area contributed by atoms with Gasteiger partial charge in [-0.25, -0.2) is 0 Å². The number of hydrogen-bond acceptors (Lipinski definition) is 3. The summed E-state index contributed by atoms with van der Waals surface area (Å²) in [4.78, 5) is 0. The fraction of sp³-hybridized carbons (Fsp3) is 0.455. The van der Waals surface area contributed by atoms with E-state index >= 15 is 0 Å². The minimum atomic E-state index is 0.427. The van der Waals surface area contributed by atoms with Crippen molar-refractivity contribution in [2.24, 2.45) is 0 Å². The lowest BCUT2D eigenvalue weighted by Gasteiger charge is -2.15. The molecule has 0 saturated heterocycles. The molecule has 0 aromatic heterocycles. The van der Waals surface area contributed by atoms with E-state index in [1.807, 2.05) is 30.9 Å². The number of thioether (sulfide) groups is 1. The van der Waals surface area contributed by atoms with Crippen LogP contribution in [0, 0.1) is 0 Å². The van der Waals surface area contributed by atoms with E-state index in [9.17, 15) is 0 Å². The quantitative estimate of drug-likeness (QED) is 0.807. The van der Waals surface area contributed by atoms with Gasteiger partial charge in [0.2, 0.25) is 0 Å². The van der Waals surface area contributed by atoms with Crippen LogP contribution in [0.1, 0.15) is 11.6 Å². The molecule has 0 aliphatic rings. The second-order valence-electron chi connectivity index (χ2n) is 3.07. The van der Waals surface area contributed by atoms with E-state index in [2.05, 4.69) is 23.7 Å². The van der Waals surface area contributed by atoms with Gasteiger partial charge in [-0.3, -0.25) is 0 Å². The van der Waals surface area contributed by atoms with Gasteiger partial charge in [-0.15, -0.1) is 0 Å². The van der Waals surface area contributed by atoms with Crippen molar-refractivity contribution in [3.8, 4) is 5.75 Å². The molecule has 0 heterocycles. The predicted octanol–water partition coefficient (Wildman–Crippen LogP) is 2.32. The maximum Gasteiger partial charge on any atom is 0.118 e. The van der Waals surface area contributed by atoms with E-state index in [0.717, 1.165) is 11.5 Å². The van der Waals surface area contributed by atoms with Crippen molar-refractivity contribution in [3.63, 3.8) is 0 Å². The molecule has 1 aromatic carbocycles. The molecule has 1 N–H and O–H groups in total. The second kappa shape index (κ2) is 5.94. The van der Waals surface area contributed by atoms with Gasteiger partial charge in [0.05, 0.1) is 7.11 Å². The van der Waals surface area contributed by atoms with Gasteiger partial charge in [0.15, 0.2) is 0 Å². The van der Waals surface area contributed by atoms with Crippen LogP contribution in [0.4, 0.5) is 0 Å². The zero-order valence-corrected chi connectivity index (χ0v) is 9.73. The summed E-state index contributed by atoms with van der Waals surface area (Å²) in [5, 5.41) is 3.30. The highest BCUT2D eigenvalue weighted by Gasteiger charge is 2.07. The third kappa shape index (κ3) is 2.93. The molecule has 0 aliphatic carbocycles. The van der Waals surface area contributed by atoms with Crippen molar-refractivity contribution >= 4 is 11.8 Å². The first-order valence-electron chi connectivity index (χ1n) is 4.62. The summed E-state index contributed by atoms with van der Waals surface area (Å²) in [6, 6.07) is 8.64. The molecule has 0 saturated carbocycles. The first-order chi connectivity index (χ1) is 6.81. The molecule has 1 rings (SSSR count). The number of methoxy groups -OCH3 is 1. The molecule has 3 heteroatoms. The van der Waals surface area contributed by atoms with Gasteiger partial charge < -0.3 is 10.1 Å². The third-order valence-corrected chi connectivity index (χ3v) is 2.87. The summed E-state index contributed by atoms with van der Waals surface area (Å²) in [6.45, 7) is 0. The summed E-state index contributed by atoms with van der Waals surface area (Å²) >= 11 is 1.85. The average molecular weight is 211 g/mol. The highest BCUT2D eigenvalue weighted by atomic mass is 32.2. The summed E-state index contributed by atoms with van der Waals surface area (Å²) in [5.41, 5.74) is 1.31. The summed E-state index contributed by atoms with van der Waals surface area (Å²) in [6.07, 6.45) is 2.12. The summed E-state index contributed by atoms with van der Waals surface area (Å²) in [5.74, 6) is 2.00. The lowest BCUT2D eigenvalue weighted by Crippen LogP contribution is -2.18. The van der Waals surface area contributed by atoms with Crippen LogP contribution in [0.3, 0.4) is 0 Å². The Kier molecular flexibility index (Phi) is 4.84. The molecule has 0 fully saturated rings. The Bertz CT molecular complexity index is 260.